The summed E-state index contributed by atoms with van der Waals surface area (Å²) in [5.41, 5.74) is 1.34. The van der Waals surface area contributed by atoms with E-state index in [2.05, 4.69) is 33.2 Å². The van der Waals surface area contributed by atoms with Crippen LogP contribution in [0.1, 0.15) is 115 Å². The van der Waals surface area contributed by atoms with Gasteiger partial charge in [0.25, 0.3) is 0 Å². The Labute approximate surface area is 193 Å². The minimum Gasteiger partial charge on any atom is -0.454 e. The van der Waals surface area contributed by atoms with E-state index in [1.165, 1.54) is 115 Å². The van der Waals surface area contributed by atoms with Gasteiger partial charge in [0.1, 0.15) is 6.54 Å². The summed E-state index contributed by atoms with van der Waals surface area (Å²) in [5, 5.41) is 0. The molecule has 3 nitrogen and oxygen atoms in total. The number of benzene rings is 1. The Morgan fingerprint density at radius 2 is 1.13 bits per heavy atom. The first-order valence-electron chi connectivity index (χ1n) is 13.3. The van der Waals surface area contributed by atoms with Gasteiger partial charge in [0.2, 0.25) is 6.79 Å². The monoisotopic (exact) mass is 432 g/mol. The Hall–Kier alpha value is -1.22. The average Bonchev–Trinajstić information content (AvgIpc) is 3.21. The minimum atomic E-state index is 0.357. The Bertz CT molecular complexity index is 584. The second-order valence-electron chi connectivity index (χ2n) is 10.3. The highest BCUT2D eigenvalue weighted by Gasteiger charge is 2.19. The number of fused-ring (bicyclic) bond motifs is 1. The molecule has 0 spiro atoms. The summed E-state index contributed by atoms with van der Waals surface area (Å²) in [6.07, 6.45) is 22.9. The van der Waals surface area contributed by atoms with Crippen molar-refractivity contribution >= 4 is 0 Å². The van der Waals surface area contributed by atoms with Gasteiger partial charge in [0, 0.05) is 5.56 Å². The number of rotatable bonds is 19. The maximum absolute atomic E-state index is 5.52. The lowest BCUT2D eigenvalue weighted by molar-refractivity contribution is -0.903. The zero-order valence-electron chi connectivity index (χ0n) is 20.9. The third-order valence-electron chi connectivity index (χ3n) is 6.66. The molecule has 0 fully saturated rings. The average molecular weight is 433 g/mol. The molecule has 1 aliphatic rings. The van der Waals surface area contributed by atoms with Crippen LogP contribution < -0.4 is 9.47 Å². The lowest BCUT2D eigenvalue weighted by Gasteiger charge is -2.30. The molecule has 31 heavy (non-hydrogen) atoms. The quantitative estimate of drug-likeness (QED) is 0.162. The van der Waals surface area contributed by atoms with E-state index in [0.717, 1.165) is 22.5 Å². The third-order valence-corrected chi connectivity index (χ3v) is 6.66. The summed E-state index contributed by atoms with van der Waals surface area (Å²) in [6.45, 7) is 4.95. The highest BCUT2D eigenvalue weighted by Crippen LogP contribution is 2.33. The molecule has 0 unspecified atom stereocenters. The van der Waals surface area contributed by atoms with Crippen LogP contribution in [0.15, 0.2) is 18.2 Å². The maximum Gasteiger partial charge on any atom is 0.231 e. The Morgan fingerprint density at radius 1 is 0.645 bits per heavy atom. The summed E-state index contributed by atoms with van der Waals surface area (Å²) in [6, 6.07) is 6.38. The molecule has 2 rings (SSSR count). The van der Waals surface area contributed by atoms with Gasteiger partial charge in [-0.15, -0.1) is 0 Å². The van der Waals surface area contributed by atoms with Gasteiger partial charge in [-0.3, -0.25) is 0 Å². The molecule has 0 atom stereocenters. The van der Waals surface area contributed by atoms with Crippen molar-refractivity contribution in [1.29, 1.82) is 0 Å². The normalized spacial score (nSPS) is 13.1. The number of nitrogens with zero attached hydrogens (tertiary/aromatic N) is 1. The molecule has 178 valence electrons. The first kappa shape index (κ1) is 26.0. The van der Waals surface area contributed by atoms with Crippen molar-refractivity contribution < 1.29 is 14.0 Å². The van der Waals surface area contributed by atoms with Crippen LogP contribution >= 0.6 is 0 Å². The topological polar surface area (TPSA) is 18.5 Å². The molecule has 0 saturated carbocycles. The number of hydrogen-bond acceptors (Lipinski definition) is 2. The summed E-state index contributed by atoms with van der Waals surface area (Å²) in [4.78, 5) is 0. The Morgan fingerprint density at radius 3 is 1.68 bits per heavy atom. The first-order chi connectivity index (χ1) is 15.1. The standard InChI is InChI=1S/C28H50NO2/c1-4-5-6-7-8-9-10-11-12-13-14-15-16-17-18-19-22-29(2,3)24-26-20-21-27-28(23-26)31-25-30-27/h20-21,23H,4-19,22,24-25H2,1-3H3/q+1. The van der Waals surface area contributed by atoms with Crippen LogP contribution in [0.25, 0.3) is 0 Å². The van der Waals surface area contributed by atoms with E-state index >= 15 is 0 Å². The minimum absolute atomic E-state index is 0.357. The second kappa shape index (κ2) is 15.6. The highest BCUT2D eigenvalue weighted by molar-refractivity contribution is 5.44. The van der Waals surface area contributed by atoms with Crippen LogP contribution in [-0.2, 0) is 6.54 Å². The van der Waals surface area contributed by atoms with Crippen molar-refractivity contribution in [2.24, 2.45) is 0 Å². The van der Waals surface area contributed by atoms with Gasteiger partial charge < -0.3 is 14.0 Å². The third kappa shape index (κ3) is 11.8. The van der Waals surface area contributed by atoms with Crippen molar-refractivity contribution in [2.75, 3.05) is 27.4 Å². The van der Waals surface area contributed by atoms with E-state index in [1.807, 2.05) is 6.07 Å². The lowest BCUT2D eigenvalue weighted by atomic mass is 10.0. The van der Waals surface area contributed by atoms with Gasteiger partial charge >= 0.3 is 0 Å². The van der Waals surface area contributed by atoms with Gasteiger partial charge in [0.15, 0.2) is 11.5 Å². The van der Waals surface area contributed by atoms with Crippen LogP contribution in [0.3, 0.4) is 0 Å². The highest BCUT2D eigenvalue weighted by atomic mass is 16.7. The van der Waals surface area contributed by atoms with Gasteiger partial charge in [-0.2, -0.15) is 0 Å². The predicted octanol–water partition coefficient (Wildman–Crippen LogP) is 8.25. The van der Waals surface area contributed by atoms with Gasteiger partial charge in [-0.25, -0.2) is 0 Å². The fourth-order valence-corrected chi connectivity index (χ4v) is 4.70. The van der Waals surface area contributed by atoms with E-state index in [1.54, 1.807) is 0 Å². The fourth-order valence-electron chi connectivity index (χ4n) is 4.70. The Kier molecular flexibility index (Phi) is 13.1. The van der Waals surface area contributed by atoms with Crippen LogP contribution in [0, 0.1) is 0 Å². The largest absolute Gasteiger partial charge is 0.454 e. The summed E-state index contributed by atoms with van der Waals surface area (Å²) >= 11 is 0. The molecule has 0 amide bonds. The van der Waals surface area contributed by atoms with Crippen LogP contribution in [-0.4, -0.2) is 31.9 Å². The summed E-state index contributed by atoms with van der Waals surface area (Å²) in [7, 11) is 4.69. The second-order valence-corrected chi connectivity index (χ2v) is 10.3. The molecule has 0 bridgehead atoms. The van der Waals surface area contributed by atoms with E-state index < -0.39 is 0 Å². The lowest BCUT2D eigenvalue weighted by Crippen LogP contribution is -2.39. The molecule has 0 saturated heterocycles. The molecule has 0 radical (unpaired) electrons. The Balaban J connectivity index is 1.38. The summed E-state index contributed by atoms with van der Waals surface area (Å²) < 4.78 is 12.0. The van der Waals surface area contributed by atoms with Crippen molar-refractivity contribution in [3.05, 3.63) is 23.8 Å². The number of quaternary nitrogens is 1. The van der Waals surface area contributed by atoms with Gasteiger partial charge in [-0.1, -0.05) is 96.8 Å². The molecule has 1 aromatic carbocycles. The van der Waals surface area contributed by atoms with Gasteiger partial charge in [-0.05, 0) is 31.0 Å². The van der Waals surface area contributed by atoms with Crippen molar-refractivity contribution in [3.63, 3.8) is 0 Å². The van der Waals surface area contributed by atoms with E-state index in [4.69, 9.17) is 9.47 Å². The zero-order chi connectivity index (χ0) is 22.2. The van der Waals surface area contributed by atoms with Gasteiger partial charge in [0.05, 0.1) is 20.6 Å². The van der Waals surface area contributed by atoms with Crippen LogP contribution in [0.5, 0.6) is 11.5 Å². The van der Waals surface area contributed by atoms with E-state index in [0.29, 0.717) is 6.79 Å². The molecule has 0 N–H and O–H groups in total. The zero-order valence-corrected chi connectivity index (χ0v) is 20.9. The van der Waals surface area contributed by atoms with Crippen LogP contribution in [0.2, 0.25) is 0 Å². The maximum atomic E-state index is 5.52. The number of unbranched alkanes of at least 4 members (excludes halogenated alkanes) is 15. The molecule has 1 heterocycles. The van der Waals surface area contributed by atoms with E-state index in [-0.39, 0.29) is 0 Å². The van der Waals surface area contributed by atoms with Crippen molar-refractivity contribution in [1.82, 2.24) is 0 Å². The molecule has 1 aliphatic heterocycles. The molecule has 0 aliphatic carbocycles. The van der Waals surface area contributed by atoms with Crippen molar-refractivity contribution in [2.45, 2.75) is 116 Å². The molecule has 0 aromatic heterocycles. The smallest absolute Gasteiger partial charge is 0.231 e. The molecule has 1 aromatic rings. The summed E-state index contributed by atoms with van der Waals surface area (Å²) in [5.74, 6) is 1.78. The number of hydrogen-bond donors (Lipinski definition) is 0. The predicted molar refractivity (Wildman–Crippen MR) is 133 cm³/mol. The molecular formula is C28H50NO2+. The number of ether oxygens (including phenoxy) is 2. The van der Waals surface area contributed by atoms with E-state index in [9.17, 15) is 0 Å². The van der Waals surface area contributed by atoms with Crippen LogP contribution in [0.4, 0.5) is 0 Å². The van der Waals surface area contributed by atoms with Crippen molar-refractivity contribution in [3.8, 4) is 11.5 Å². The SMILES string of the molecule is CCCCCCCCCCCCCCCCCC[N+](C)(C)Cc1ccc2c(c1)OCO2. The fraction of sp³-hybridized carbons (Fsp3) is 0.786. The first-order valence-corrected chi connectivity index (χ1v) is 13.3. The molecular weight excluding hydrogens is 382 g/mol. The molecule has 3 heteroatoms.